The molecule has 1 aromatic carbocycles. The van der Waals surface area contributed by atoms with Crippen LogP contribution in [0.5, 0.6) is 11.5 Å². The number of hydrogen-bond donors (Lipinski definition) is 1. The van der Waals surface area contributed by atoms with Crippen LogP contribution in [-0.2, 0) is 4.79 Å². The molecule has 2 aliphatic heterocycles. The van der Waals surface area contributed by atoms with Gasteiger partial charge in [0.05, 0.1) is 6.04 Å². The number of aliphatic imine (C=N–C) groups is 1. The Morgan fingerprint density at radius 2 is 1.93 bits per heavy atom. The first-order valence-electron chi connectivity index (χ1n) is 10.4. The number of ether oxygens (including phenoxy) is 1. The van der Waals surface area contributed by atoms with Crippen LogP contribution in [0.25, 0.3) is 0 Å². The van der Waals surface area contributed by atoms with Crippen LogP contribution in [0.3, 0.4) is 0 Å². The molecule has 30 heavy (non-hydrogen) atoms. The molecule has 4 rings (SSSR count). The van der Waals surface area contributed by atoms with Gasteiger partial charge in [0, 0.05) is 38.0 Å². The molecular weight excluding hydrogens is 396 g/mol. The molecule has 2 aliphatic rings. The molecule has 1 N–H and O–H groups in total. The van der Waals surface area contributed by atoms with Crippen molar-refractivity contribution in [3.8, 4) is 11.5 Å². The quantitative estimate of drug-likeness (QED) is 0.775. The van der Waals surface area contributed by atoms with Crippen molar-refractivity contribution < 1.29 is 9.53 Å². The summed E-state index contributed by atoms with van der Waals surface area (Å²) in [6.45, 7) is 7.44. The van der Waals surface area contributed by atoms with E-state index in [0.717, 1.165) is 65.3 Å². The fourth-order valence-electron chi connectivity index (χ4n) is 4.03. The normalized spacial score (nSPS) is 19.5. The second kappa shape index (κ2) is 9.08. The van der Waals surface area contributed by atoms with Crippen molar-refractivity contribution in [2.45, 2.75) is 39.7 Å². The van der Waals surface area contributed by atoms with E-state index in [1.165, 1.54) is 0 Å². The lowest BCUT2D eigenvalue weighted by molar-refractivity contribution is -0.130. The van der Waals surface area contributed by atoms with Crippen LogP contribution in [0.4, 0.5) is 5.82 Å². The largest absolute Gasteiger partial charge is 0.457 e. The van der Waals surface area contributed by atoms with Gasteiger partial charge in [-0.25, -0.2) is 4.98 Å². The van der Waals surface area contributed by atoms with Crippen molar-refractivity contribution in [1.82, 2.24) is 9.88 Å². The summed E-state index contributed by atoms with van der Waals surface area (Å²) >= 11 is 1.74. The van der Waals surface area contributed by atoms with E-state index in [0.29, 0.717) is 12.0 Å². The molecule has 0 spiro atoms. The lowest BCUT2D eigenvalue weighted by Crippen LogP contribution is -2.39. The predicted octanol–water partition coefficient (Wildman–Crippen LogP) is 4.63. The number of nitrogens with one attached hydrogen (secondary N) is 1. The zero-order valence-corrected chi connectivity index (χ0v) is 18.5. The highest BCUT2D eigenvalue weighted by molar-refractivity contribution is 8.14. The summed E-state index contributed by atoms with van der Waals surface area (Å²) in [5, 5.41) is 4.26. The molecule has 6 nitrogen and oxygen atoms in total. The summed E-state index contributed by atoms with van der Waals surface area (Å²) in [6, 6.07) is 10.2. The van der Waals surface area contributed by atoms with Crippen LogP contribution < -0.4 is 10.1 Å². The molecule has 1 amide bonds. The fraction of sp³-hybridized carbons (Fsp3) is 0.435. The molecule has 1 fully saturated rings. The van der Waals surface area contributed by atoms with Crippen LogP contribution in [0.2, 0.25) is 0 Å². The summed E-state index contributed by atoms with van der Waals surface area (Å²) < 4.78 is 6.13. The van der Waals surface area contributed by atoms with Gasteiger partial charge in [-0.05, 0) is 49.8 Å². The van der Waals surface area contributed by atoms with Gasteiger partial charge in [0.1, 0.15) is 17.3 Å². The number of carbonyl (C=O) groups excluding carboxylic acids is 1. The van der Waals surface area contributed by atoms with Gasteiger partial charge in [0.15, 0.2) is 5.17 Å². The lowest BCUT2D eigenvalue weighted by atomic mass is 9.90. The van der Waals surface area contributed by atoms with Gasteiger partial charge in [-0.3, -0.25) is 9.79 Å². The molecule has 0 saturated carbocycles. The molecule has 0 aliphatic carbocycles. The first kappa shape index (κ1) is 20.7. The number of rotatable bonds is 4. The highest BCUT2D eigenvalue weighted by Gasteiger charge is 2.30. The minimum atomic E-state index is 0.175. The van der Waals surface area contributed by atoms with Gasteiger partial charge in [0.2, 0.25) is 5.91 Å². The maximum Gasteiger partial charge on any atom is 0.219 e. The van der Waals surface area contributed by atoms with Gasteiger partial charge in [-0.15, -0.1) is 0 Å². The number of piperidine rings is 1. The summed E-state index contributed by atoms with van der Waals surface area (Å²) in [5.41, 5.74) is 2.21. The summed E-state index contributed by atoms with van der Waals surface area (Å²) in [7, 11) is 0. The van der Waals surface area contributed by atoms with Crippen molar-refractivity contribution in [3.05, 3.63) is 47.7 Å². The number of likely N-dealkylation sites (tertiary alicyclic amines) is 1. The number of carbonyl (C=O) groups is 1. The van der Waals surface area contributed by atoms with Gasteiger partial charge in [-0.1, -0.05) is 30.0 Å². The van der Waals surface area contributed by atoms with E-state index >= 15 is 0 Å². The molecule has 1 atom stereocenters. The number of pyridine rings is 1. The smallest absolute Gasteiger partial charge is 0.219 e. The Bertz CT molecular complexity index is 934. The van der Waals surface area contributed by atoms with Crippen molar-refractivity contribution in [1.29, 1.82) is 0 Å². The van der Waals surface area contributed by atoms with Crippen molar-refractivity contribution >= 4 is 28.7 Å². The molecule has 2 aromatic rings. The minimum Gasteiger partial charge on any atom is -0.457 e. The van der Waals surface area contributed by atoms with E-state index in [2.05, 4.69) is 10.3 Å². The Morgan fingerprint density at radius 1 is 1.20 bits per heavy atom. The average Bonchev–Trinajstić information content (AvgIpc) is 3.20. The Hall–Kier alpha value is -2.54. The number of aromatic nitrogens is 1. The summed E-state index contributed by atoms with van der Waals surface area (Å²) in [6.07, 6.45) is 3.80. The maximum atomic E-state index is 11.5. The fourth-order valence-corrected chi connectivity index (χ4v) is 5.09. The van der Waals surface area contributed by atoms with E-state index in [1.807, 2.05) is 49.1 Å². The van der Waals surface area contributed by atoms with Gasteiger partial charge in [0.25, 0.3) is 0 Å². The Kier molecular flexibility index (Phi) is 6.27. The number of thioether (sulfide) groups is 1. The molecule has 3 heterocycles. The van der Waals surface area contributed by atoms with Crippen molar-refractivity contribution in [3.63, 3.8) is 0 Å². The molecule has 7 heteroatoms. The van der Waals surface area contributed by atoms with Gasteiger partial charge >= 0.3 is 0 Å². The molecule has 1 saturated heterocycles. The minimum absolute atomic E-state index is 0.175. The van der Waals surface area contributed by atoms with E-state index in [4.69, 9.17) is 9.73 Å². The monoisotopic (exact) mass is 424 g/mol. The molecular formula is C23H28N4O2S. The third-order valence-electron chi connectivity index (χ3n) is 5.80. The first-order chi connectivity index (χ1) is 14.5. The number of para-hydroxylation sites is 1. The molecule has 1 aromatic heterocycles. The second-order valence-electron chi connectivity index (χ2n) is 7.98. The number of nitrogens with zero attached hydrogens (tertiary/aromatic N) is 3. The van der Waals surface area contributed by atoms with Crippen LogP contribution >= 0.6 is 11.8 Å². The number of amidine groups is 1. The van der Waals surface area contributed by atoms with Gasteiger partial charge < -0.3 is 15.0 Å². The van der Waals surface area contributed by atoms with Crippen LogP contribution in [0.1, 0.15) is 30.9 Å². The highest BCUT2D eigenvalue weighted by atomic mass is 32.2. The first-order valence-corrected chi connectivity index (χ1v) is 11.4. The lowest BCUT2D eigenvalue weighted by Gasteiger charge is -2.33. The predicted molar refractivity (Wildman–Crippen MR) is 123 cm³/mol. The standard InChI is InChI=1S/C23H28N4O2S/c1-15-5-4-6-16(2)22(15)29-19-7-10-24-21(13-19)26-23-25-20(14-30-23)18-8-11-27(12-9-18)17(3)28/h4-7,10,13,18,20H,8-9,11-12,14H2,1-3H3,(H,24,25,26). The highest BCUT2D eigenvalue weighted by Crippen LogP contribution is 2.32. The number of benzene rings is 1. The number of anilines is 1. The van der Waals surface area contributed by atoms with E-state index in [1.54, 1.807) is 24.9 Å². The van der Waals surface area contributed by atoms with Crippen LogP contribution in [0.15, 0.2) is 41.5 Å². The van der Waals surface area contributed by atoms with Gasteiger partial charge in [-0.2, -0.15) is 0 Å². The average molecular weight is 425 g/mol. The van der Waals surface area contributed by atoms with Crippen molar-refractivity contribution in [2.24, 2.45) is 10.9 Å². The molecule has 1 unspecified atom stereocenters. The van der Waals surface area contributed by atoms with Crippen LogP contribution in [-0.4, -0.2) is 45.8 Å². The topological polar surface area (TPSA) is 66.8 Å². The Balaban J connectivity index is 1.39. The molecule has 158 valence electrons. The molecule has 0 bridgehead atoms. The number of aryl methyl sites for hydroxylation is 2. The zero-order chi connectivity index (χ0) is 21.1. The summed E-state index contributed by atoms with van der Waals surface area (Å²) in [5.74, 6) is 4.07. The number of hydrogen-bond acceptors (Lipinski definition) is 6. The van der Waals surface area contributed by atoms with E-state index < -0.39 is 0 Å². The summed E-state index contributed by atoms with van der Waals surface area (Å²) in [4.78, 5) is 22.8. The molecule has 0 radical (unpaired) electrons. The number of amides is 1. The Morgan fingerprint density at radius 3 is 2.63 bits per heavy atom. The van der Waals surface area contributed by atoms with E-state index in [9.17, 15) is 4.79 Å². The third kappa shape index (κ3) is 4.78. The Labute approximate surface area is 182 Å². The van der Waals surface area contributed by atoms with Crippen LogP contribution in [0, 0.1) is 19.8 Å². The second-order valence-corrected chi connectivity index (χ2v) is 8.99. The third-order valence-corrected chi connectivity index (χ3v) is 6.79. The SMILES string of the molecule is CC(=O)N1CCC(C2CSC(Nc3cc(Oc4c(C)cccc4C)ccn3)=N2)CC1. The zero-order valence-electron chi connectivity index (χ0n) is 17.7. The maximum absolute atomic E-state index is 11.5. The van der Waals surface area contributed by atoms with E-state index in [-0.39, 0.29) is 5.91 Å². The van der Waals surface area contributed by atoms with Crippen molar-refractivity contribution in [2.75, 3.05) is 24.2 Å².